The summed E-state index contributed by atoms with van der Waals surface area (Å²) in [5, 5.41) is 5.46. The zero-order valence-corrected chi connectivity index (χ0v) is 16.5. The van der Waals surface area contributed by atoms with Crippen molar-refractivity contribution in [2.24, 2.45) is 4.99 Å². The van der Waals surface area contributed by atoms with E-state index in [4.69, 9.17) is 0 Å². The largest absolute Gasteiger partial charge is 0.390 e. The van der Waals surface area contributed by atoms with Crippen LogP contribution in [-0.4, -0.2) is 39.9 Å². The molecule has 138 valence electrons. The zero-order chi connectivity index (χ0) is 17.5. The number of halogens is 4. The second-order valence-corrected chi connectivity index (χ2v) is 6.92. The van der Waals surface area contributed by atoms with Crippen LogP contribution < -0.4 is 10.6 Å². The molecule has 0 radical (unpaired) electrons. The highest BCUT2D eigenvalue weighted by Crippen LogP contribution is 2.18. The first-order valence-corrected chi connectivity index (χ1v) is 8.89. The van der Waals surface area contributed by atoms with E-state index in [9.17, 15) is 21.6 Å². The second kappa shape index (κ2) is 10.1. The molecule has 0 atom stereocenters. The molecule has 0 aliphatic carbocycles. The van der Waals surface area contributed by atoms with Crippen molar-refractivity contribution < 1.29 is 21.6 Å². The van der Waals surface area contributed by atoms with Crippen molar-refractivity contribution in [3.63, 3.8) is 0 Å². The summed E-state index contributed by atoms with van der Waals surface area (Å²) in [6, 6.07) is 6.20. The molecule has 24 heavy (non-hydrogen) atoms. The number of aliphatic imine (C=N–C) groups is 1. The number of nitrogens with one attached hydrogen (secondary N) is 2. The molecule has 5 nitrogen and oxygen atoms in total. The Bertz CT molecular complexity index is 632. The molecule has 0 heterocycles. The van der Waals surface area contributed by atoms with Crippen molar-refractivity contribution in [1.29, 1.82) is 0 Å². The van der Waals surface area contributed by atoms with Gasteiger partial charge in [-0.25, -0.2) is 13.4 Å². The Kier molecular flexibility index (Phi) is 9.63. The fourth-order valence-electron chi connectivity index (χ4n) is 1.68. The topological polar surface area (TPSA) is 70.6 Å². The van der Waals surface area contributed by atoms with E-state index in [1.807, 2.05) is 6.92 Å². The highest BCUT2D eigenvalue weighted by Gasteiger charge is 2.26. The van der Waals surface area contributed by atoms with E-state index in [0.717, 1.165) is 11.8 Å². The van der Waals surface area contributed by atoms with Crippen LogP contribution in [0.25, 0.3) is 0 Å². The molecule has 1 aromatic carbocycles. The van der Waals surface area contributed by atoms with Gasteiger partial charge in [0.05, 0.1) is 17.9 Å². The van der Waals surface area contributed by atoms with E-state index in [2.05, 4.69) is 15.6 Å². The van der Waals surface area contributed by atoms with Gasteiger partial charge >= 0.3 is 6.18 Å². The van der Waals surface area contributed by atoms with Crippen LogP contribution >= 0.6 is 24.0 Å². The Morgan fingerprint density at radius 3 is 2.21 bits per heavy atom. The van der Waals surface area contributed by atoms with Gasteiger partial charge in [0.2, 0.25) is 0 Å². The first kappa shape index (κ1) is 23.0. The fourth-order valence-corrected chi connectivity index (χ4v) is 2.31. The Balaban J connectivity index is 0.00000529. The van der Waals surface area contributed by atoms with Gasteiger partial charge in [0, 0.05) is 19.3 Å². The summed E-state index contributed by atoms with van der Waals surface area (Å²) >= 11 is 0. The summed E-state index contributed by atoms with van der Waals surface area (Å²) in [7, 11) is -3.25. The van der Waals surface area contributed by atoms with Crippen molar-refractivity contribution in [3.8, 4) is 0 Å². The molecule has 0 bridgehead atoms. The third-order valence-corrected chi connectivity index (χ3v) is 3.94. The van der Waals surface area contributed by atoms with Crippen molar-refractivity contribution >= 4 is 39.8 Å². The number of benzene rings is 1. The van der Waals surface area contributed by atoms with Crippen LogP contribution in [0.2, 0.25) is 0 Å². The van der Waals surface area contributed by atoms with E-state index in [-0.39, 0.29) is 47.9 Å². The summed E-state index contributed by atoms with van der Waals surface area (Å²) in [5.41, 5.74) is 0.755. The van der Waals surface area contributed by atoms with Crippen LogP contribution in [0.1, 0.15) is 18.9 Å². The van der Waals surface area contributed by atoms with Crippen molar-refractivity contribution in [2.75, 3.05) is 19.3 Å². The maximum Gasteiger partial charge on any atom is 0.390 e. The van der Waals surface area contributed by atoms with Gasteiger partial charge in [-0.1, -0.05) is 12.1 Å². The summed E-state index contributed by atoms with van der Waals surface area (Å²) < 4.78 is 59.1. The monoisotopic (exact) mass is 479 g/mol. The molecular weight excluding hydrogens is 458 g/mol. The highest BCUT2D eigenvalue weighted by molar-refractivity contribution is 14.0. The van der Waals surface area contributed by atoms with Crippen LogP contribution in [0.5, 0.6) is 0 Å². The van der Waals surface area contributed by atoms with Gasteiger partial charge in [-0.15, -0.1) is 24.0 Å². The van der Waals surface area contributed by atoms with Gasteiger partial charge in [-0.2, -0.15) is 13.2 Å². The van der Waals surface area contributed by atoms with Crippen LogP contribution in [0.3, 0.4) is 0 Å². The highest BCUT2D eigenvalue weighted by atomic mass is 127. The van der Waals surface area contributed by atoms with Crippen LogP contribution in [0.4, 0.5) is 13.2 Å². The molecule has 1 rings (SSSR count). The Morgan fingerprint density at radius 2 is 1.75 bits per heavy atom. The number of hydrogen-bond donors (Lipinski definition) is 2. The molecule has 0 unspecified atom stereocenters. The third kappa shape index (κ3) is 9.30. The molecule has 0 aliphatic heterocycles. The molecular formula is C14H21F3IN3O2S. The Morgan fingerprint density at radius 1 is 1.17 bits per heavy atom. The van der Waals surface area contributed by atoms with Crippen molar-refractivity contribution in [2.45, 2.75) is 31.0 Å². The summed E-state index contributed by atoms with van der Waals surface area (Å²) in [6.07, 6.45) is -4.04. The quantitative estimate of drug-likeness (QED) is 0.374. The van der Waals surface area contributed by atoms with Gasteiger partial charge in [-0.3, -0.25) is 0 Å². The van der Waals surface area contributed by atoms with Crippen LogP contribution in [0, 0.1) is 0 Å². The number of rotatable bonds is 6. The number of nitrogens with zero attached hydrogens (tertiary/aromatic N) is 1. The van der Waals surface area contributed by atoms with Crippen LogP contribution in [0.15, 0.2) is 34.2 Å². The van der Waals surface area contributed by atoms with Gasteiger partial charge in [0.25, 0.3) is 0 Å². The van der Waals surface area contributed by atoms with E-state index >= 15 is 0 Å². The number of guanidine groups is 1. The minimum atomic E-state index is -4.22. The summed E-state index contributed by atoms with van der Waals surface area (Å²) in [6.45, 7) is 2.29. The van der Waals surface area contributed by atoms with Gasteiger partial charge in [0.15, 0.2) is 15.8 Å². The number of alkyl halides is 3. The summed E-state index contributed by atoms with van der Waals surface area (Å²) in [4.78, 5) is 4.38. The first-order valence-electron chi connectivity index (χ1n) is 7.00. The summed E-state index contributed by atoms with van der Waals surface area (Å²) in [5.74, 6) is 0.281. The Labute approximate surface area is 157 Å². The number of sulfone groups is 1. The van der Waals surface area contributed by atoms with Gasteiger partial charge in [-0.05, 0) is 24.6 Å². The molecule has 0 amide bonds. The minimum Gasteiger partial charge on any atom is -0.357 e. The maximum absolute atomic E-state index is 12.1. The predicted octanol–water partition coefficient (Wildman–Crippen LogP) is 2.72. The molecule has 2 N–H and O–H groups in total. The molecule has 0 aliphatic rings. The zero-order valence-electron chi connectivity index (χ0n) is 13.4. The molecule has 1 aromatic rings. The average molecular weight is 479 g/mol. The number of hydrogen-bond acceptors (Lipinski definition) is 3. The third-order valence-electron chi connectivity index (χ3n) is 2.82. The lowest BCUT2D eigenvalue weighted by molar-refractivity contribution is -0.132. The maximum atomic E-state index is 12.1. The molecule has 10 heteroatoms. The lowest BCUT2D eigenvalue weighted by atomic mass is 10.2. The standard InChI is InChI=1S/C14H20F3N3O2S.HI/c1-3-18-13(19-9-8-14(15,16)17)20-10-11-4-6-12(7-5-11)23(2,21)22;/h4-7H,3,8-10H2,1-2H3,(H2,18,19,20);1H. The smallest absolute Gasteiger partial charge is 0.357 e. The predicted molar refractivity (Wildman–Crippen MR) is 98.5 cm³/mol. The van der Waals surface area contributed by atoms with E-state index < -0.39 is 22.4 Å². The Hall–Kier alpha value is -1.04. The van der Waals surface area contributed by atoms with Crippen molar-refractivity contribution in [3.05, 3.63) is 29.8 Å². The van der Waals surface area contributed by atoms with Crippen molar-refractivity contribution in [1.82, 2.24) is 10.6 Å². The van der Waals surface area contributed by atoms with E-state index in [1.54, 1.807) is 12.1 Å². The second-order valence-electron chi connectivity index (χ2n) is 4.90. The lowest BCUT2D eigenvalue weighted by Gasteiger charge is -2.12. The minimum absolute atomic E-state index is 0. The first-order chi connectivity index (χ1) is 10.6. The van der Waals surface area contributed by atoms with E-state index in [1.165, 1.54) is 12.1 Å². The lowest BCUT2D eigenvalue weighted by Crippen LogP contribution is -2.38. The molecule has 0 aromatic heterocycles. The molecule has 0 saturated heterocycles. The van der Waals surface area contributed by atoms with E-state index in [0.29, 0.717) is 6.54 Å². The molecule has 0 fully saturated rings. The molecule has 0 spiro atoms. The van der Waals surface area contributed by atoms with Gasteiger partial charge < -0.3 is 10.6 Å². The average Bonchev–Trinajstić information content (AvgIpc) is 2.43. The molecule has 0 saturated carbocycles. The van der Waals surface area contributed by atoms with Crippen LogP contribution in [-0.2, 0) is 16.4 Å². The fraction of sp³-hybridized carbons (Fsp3) is 0.500. The SMILES string of the molecule is CCNC(=NCc1ccc(S(C)(=O)=O)cc1)NCCC(F)(F)F.I. The normalized spacial score (nSPS) is 12.5. The van der Waals surface area contributed by atoms with Gasteiger partial charge in [0.1, 0.15) is 0 Å².